The number of aliphatic hydroxyl groups excluding tert-OH is 2. The number of H-pyrrole nitrogens is 1. The van der Waals surface area contributed by atoms with Gasteiger partial charge in [0.05, 0.1) is 19.0 Å². The van der Waals surface area contributed by atoms with Gasteiger partial charge in [0.15, 0.2) is 5.52 Å². The number of imidazole rings is 1. The quantitative estimate of drug-likeness (QED) is 0.173. The number of hydrogen-bond acceptors (Lipinski definition) is 8. The number of aromatic nitrogens is 4. The fourth-order valence-electron chi connectivity index (χ4n) is 5.32. The molecule has 39 heavy (non-hydrogen) atoms. The summed E-state index contributed by atoms with van der Waals surface area (Å²) in [5.74, 6) is 0.121. The standard InChI is InChI=1S/C29H49N5O5/c1-2-3-4-5-6-7-8-9-10-11-12-13-14-15-16-17-18-30-29-32-27(37)25-26(28(38)33-29)34(21-31-25)24-19-22(36)23(20-35)39-24/h21-24,35-36H,2-20H2,1H3,(H2,30,32,33,37,38)/t22-,23+,24+/m1/s1. The van der Waals surface area contributed by atoms with Crippen molar-refractivity contribution in [3.8, 4) is 0 Å². The SMILES string of the molecule is CCCCCCCCCCCCCCCCCCNc1nc(=O)c2ncn([C@@H]3C[C@@H](O)[C@H](CO)O3)c2c(=O)[nH]1. The van der Waals surface area contributed by atoms with Gasteiger partial charge < -0.3 is 20.3 Å². The molecule has 0 bridgehead atoms. The molecule has 0 aliphatic carbocycles. The van der Waals surface area contributed by atoms with Gasteiger partial charge in [-0.05, 0) is 6.42 Å². The minimum atomic E-state index is -0.865. The zero-order valence-corrected chi connectivity index (χ0v) is 23.7. The van der Waals surface area contributed by atoms with Crippen LogP contribution in [0.3, 0.4) is 0 Å². The van der Waals surface area contributed by atoms with Gasteiger partial charge in [0.1, 0.15) is 17.8 Å². The van der Waals surface area contributed by atoms with E-state index in [1.165, 1.54) is 101 Å². The van der Waals surface area contributed by atoms with Crippen LogP contribution in [0.15, 0.2) is 15.9 Å². The summed E-state index contributed by atoms with van der Waals surface area (Å²) in [4.78, 5) is 36.3. The van der Waals surface area contributed by atoms with Crippen molar-refractivity contribution in [2.45, 2.75) is 135 Å². The van der Waals surface area contributed by atoms with E-state index in [0.717, 1.165) is 12.8 Å². The highest BCUT2D eigenvalue weighted by Gasteiger charge is 2.35. The predicted molar refractivity (Wildman–Crippen MR) is 154 cm³/mol. The molecule has 0 aromatic carbocycles. The monoisotopic (exact) mass is 547 g/mol. The van der Waals surface area contributed by atoms with Gasteiger partial charge in [0.25, 0.3) is 5.56 Å². The van der Waals surface area contributed by atoms with Crippen molar-refractivity contribution in [2.24, 2.45) is 0 Å². The molecule has 0 saturated carbocycles. The van der Waals surface area contributed by atoms with Crippen LogP contribution in [-0.2, 0) is 4.74 Å². The van der Waals surface area contributed by atoms with E-state index < -0.39 is 29.6 Å². The van der Waals surface area contributed by atoms with Crippen LogP contribution >= 0.6 is 0 Å². The highest BCUT2D eigenvalue weighted by molar-refractivity contribution is 5.73. The van der Waals surface area contributed by atoms with Crippen molar-refractivity contribution >= 4 is 17.0 Å². The molecule has 0 radical (unpaired) electrons. The van der Waals surface area contributed by atoms with Crippen LogP contribution in [0.25, 0.3) is 11.0 Å². The van der Waals surface area contributed by atoms with Crippen LogP contribution < -0.4 is 16.4 Å². The van der Waals surface area contributed by atoms with Gasteiger partial charge in [-0.2, -0.15) is 4.98 Å². The smallest absolute Gasteiger partial charge is 0.301 e. The molecule has 1 aliphatic rings. The van der Waals surface area contributed by atoms with Crippen LogP contribution in [0.2, 0.25) is 0 Å². The average Bonchev–Trinajstić information content (AvgIpc) is 3.51. The van der Waals surface area contributed by atoms with E-state index in [0.29, 0.717) is 6.54 Å². The normalized spacial score (nSPS) is 19.2. The van der Waals surface area contributed by atoms with E-state index in [1.54, 1.807) is 0 Å². The largest absolute Gasteiger partial charge is 0.394 e. The average molecular weight is 548 g/mol. The number of aromatic amines is 1. The van der Waals surface area contributed by atoms with Crippen LogP contribution in [0.5, 0.6) is 0 Å². The van der Waals surface area contributed by atoms with Crippen LogP contribution in [0.1, 0.15) is 122 Å². The molecule has 1 saturated heterocycles. The van der Waals surface area contributed by atoms with Crippen LogP contribution in [0.4, 0.5) is 5.95 Å². The number of ether oxygens (including phenoxy) is 1. The third kappa shape index (κ3) is 9.99. The van der Waals surface area contributed by atoms with Gasteiger partial charge in [-0.3, -0.25) is 19.1 Å². The number of rotatable bonds is 20. The molecule has 3 heterocycles. The van der Waals surface area contributed by atoms with Crippen molar-refractivity contribution in [3.63, 3.8) is 0 Å². The Morgan fingerprint density at radius 3 is 2.05 bits per heavy atom. The highest BCUT2D eigenvalue weighted by Crippen LogP contribution is 2.29. The Bertz CT molecular complexity index is 1090. The van der Waals surface area contributed by atoms with E-state index in [1.807, 2.05) is 0 Å². The summed E-state index contributed by atoms with van der Waals surface area (Å²) in [6.07, 6.45) is 20.1. The molecule has 10 heteroatoms. The molecule has 1 fully saturated rings. The molecule has 2 aromatic heterocycles. The number of unbranched alkanes of at least 4 members (excludes halogenated alkanes) is 15. The number of fused-ring (bicyclic) bond motifs is 1. The fraction of sp³-hybridized carbons (Fsp3) is 0.793. The Balaban J connectivity index is 1.31. The van der Waals surface area contributed by atoms with Crippen molar-refractivity contribution in [2.75, 3.05) is 18.5 Å². The van der Waals surface area contributed by atoms with E-state index in [2.05, 4.69) is 27.2 Å². The summed E-state index contributed by atoms with van der Waals surface area (Å²) in [7, 11) is 0. The summed E-state index contributed by atoms with van der Waals surface area (Å²) in [6.45, 7) is 2.54. The van der Waals surface area contributed by atoms with Gasteiger partial charge in [-0.25, -0.2) is 4.98 Å². The number of nitrogens with zero attached hydrogens (tertiary/aromatic N) is 3. The molecule has 3 atom stereocenters. The molecule has 0 unspecified atom stereocenters. The van der Waals surface area contributed by atoms with E-state index in [9.17, 15) is 19.8 Å². The molecule has 0 spiro atoms. The Morgan fingerprint density at radius 1 is 0.949 bits per heavy atom. The maximum atomic E-state index is 12.9. The lowest BCUT2D eigenvalue weighted by Crippen LogP contribution is -2.24. The molecule has 3 rings (SSSR count). The van der Waals surface area contributed by atoms with Gasteiger partial charge in [0.2, 0.25) is 5.95 Å². The Labute approximate surface area is 231 Å². The predicted octanol–water partition coefficient (Wildman–Crippen LogP) is 4.79. The summed E-state index contributed by atoms with van der Waals surface area (Å²) in [5.41, 5.74) is -1.15. The molecule has 1 aliphatic heterocycles. The molecular formula is C29H49N5O5. The molecular weight excluding hydrogens is 498 g/mol. The first kappa shape index (κ1) is 31.2. The lowest BCUT2D eigenvalue weighted by Gasteiger charge is -2.13. The second-order valence-electron chi connectivity index (χ2n) is 10.9. The maximum absolute atomic E-state index is 12.9. The minimum Gasteiger partial charge on any atom is -0.394 e. The van der Waals surface area contributed by atoms with Gasteiger partial charge >= 0.3 is 5.56 Å². The Hall–Kier alpha value is -2.30. The Kier molecular flexibility index (Phi) is 13.9. The number of nitrogens with one attached hydrogen (secondary N) is 2. The first-order valence-electron chi connectivity index (χ1n) is 15.2. The van der Waals surface area contributed by atoms with Gasteiger partial charge in [0, 0.05) is 13.0 Å². The summed E-state index contributed by atoms with van der Waals surface area (Å²) in [6, 6.07) is 0. The van der Waals surface area contributed by atoms with E-state index in [-0.39, 0.29) is 30.0 Å². The molecule has 0 amide bonds. The topological polar surface area (TPSA) is 142 Å². The minimum absolute atomic E-state index is 0.0405. The van der Waals surface area contributed by atoms with Crippen molar-refractivity contribution in [3.05, 3.63) is 27.0 Å². The Morgan fingerprint density at radius 2 is 1.51 bits per heavy atom. The zero-order chi connectivity index (χ0) is 27.9. The number of anilines is 1. The second-order valence-corrected chi connectivity index (χ2v) is 10.9. The van der Waals surface area contributed by atoms with Crippen molar-refractivity contribution in [1.82, 2.24) is 19.5 Å². The third-order valence-electron chi connectivity index (χ3n) is 7.67. The first-order valence-corrected chi connectivity index (χ1v) is 15.2. The third-order valence-corrected chi connectivity index (χ3v) is 7.67. The van der Waals surface area contributed by atoms with Gasteiger partial charge in [-0.15, -0.1) is 0 Å². The summed E-state index contributed by atoms with van der Waals surface area (Å²) in [5, 5.41) is 22.4. The van der Waals surface area contributed by atoms with Crippen LogP contribution in [0, 0.1) is 0 Å². The molecule has 2 aromatic rings. The first-order chi connectivity index (χ1) is 19.0. The lowest BCUT2D eigenvalue weighted by molar-refractivity contribution is -0.0431. The van der Waals surface area contributed by atoms with Crippen molar-refractivity contribution < 1.29 is 14.9 Å². The zero-order valence-electron chi connectivity index (χ0n) is 23.7. The maximum Gasteiger partial charge on any atom is 0.301 e. The van der Waals surface area contributed by atoms with E-state index >= 15 is 0 Å². The van der Waals surface area contributed by atoms with Crippen molar-refractivity contribution in [1.29, 1.82) is 0 Å². The van der Waals surface area contributed by atoms with Gasteiger partial charge in [-0.1, -0.05) is 103 Å². The fourth-order valence-corrected chi connectivity index (χ4v) is 5.32. The van der Waals surface area contributed by atoms with E-state index in [4.69, 9.17) is 4.74 Å². The summed E-state index contributed by atoms with van der Waals surface area (Å²) >= 11 is 0. The number of hydrogen-bond donors (Lipinski definition) is 4. The molecule has 220 valence electrons. The summed E-state index contributed by atoms with van der Waals surface area (Å²) < 4.78 is 7.06. The number of aliphatic hydroxyl groups is 2. The lowest BCUT2D eigenvalue weighted by atomic mass is 10.0. The molecule has 10 nitrogen and oxygen atoms in total. The van der Waals surface area contributed by atoms with Crippen LogP contribution in [-0.4, -0.2) is 55.1 Å². The molecule has 4 N–H and O–H groups in total. The second kappa shape index (κ2) is 17.4. The highest BCUT2D eigenvalue weighted by atomic mass is 16.5.